The number of fused-ring (bicyclic) bond motifs is 1. The highest BCUT2D eigenvalue weighted by atomic mass is 35.5. The number of hydrogen-bond donors (Lipinski definition) is 1. The molecule has 1 N–H and O–H groups in total. The Bertz CT molecular complexity index is 747. The molecule has 0 radical (unpaired) electrons. The highest BCUT2D eigenvalue weighted by Gasteiger charge is 2.29. The van der Waals surface area contributed by atoms with Crippen LogP contribution in [-0.4, -0.2) is 31.2 Å². The van der Waals surface area contributed by atoms with E-state index in [-0.39, 0.29) is 6.10 Å². The summed E-state index contributed by atoms with van der Waals surface area (Å²) in [5, 5.41) is 4.71. The normalized spacial score (nSPS) is 20.1. The third-order valence-electron chi connectivity index (χ3n) is 4.57. The van der Waals surface area contributed by atoms with Crippen molar-refractivity contribution in [3.05, 3.63) is 51.6 Å². The number of benzene rings is 1. The topological polar surface area (TPSA) is 37.4 Å². The molecule has 1 saturated heterocycles. The number of piperazine rings is 1. The highest BCUT2D eigenvalue weighted by Crippen LogP contribution is 2.39. The molecule has 1 unspecified atom stereocenters. The van der Waals surface area contributed by atoms with Gasteiger partial charge >= 0.3 is 0 Å². The maximum atomic E-state index is 6.49. The molecule has 2 aliphatic rings. The second kappa shape index (κ2) is 6.79. The van der Waals surface area contributed by atoms with Crippen molar-refractivity contribution in [3.8, 4) is 5.75 Å². The van der Waals surface area contributed by atoms with Crippen LogP contribution in [0.25, 0.3) is 0 Å². The molecule has 0 bridgehead atoms. The van der Waals surface area contributed by atoms with Crippen molar-refractivity contribution >= 4 is 29.0 Å². The zero-order chi connectivity index (χ0) is 16.5. The van der Waals surface area contributed by atoms with Crippen LogP contribution in [0.3, 0.4) is 0 Å². The summed E-state index contributed by atoms with van der Waals surface area (Å²) in [6.07, 6.45) is 1.76. The number of nitrogens with zero attached hydrogens (tertiary/aromatic N) is 2. The van der Waals surface area contributed by atoms with E-state index < -0.39 is 0 Å². The van der Waals surface area contributed by atoms with E-state index in [1.165, 1.54) is 5.56 Å². The lowest BCUT2D eigenvalue weighted by Crippen LogP contribution is -2.44. The van der Waals surface area contributed by atoms with Gasteiger partial charge in [-0.25, -0.2) is 4.98 Å². The fraction of sp³-hybridized carbons (Fsp3) is 0.389. The highest BCUT2D eigenvalue weighted by molar-refractivity contribution is 6.33. The Balaban J connectivity index is 1.63. The second-order valence-electron chi connectivity index (χ2n) is 6.15. The number of anilines is 1. The van der Waals surface area contributed by atoms with Crippen LogP contribution in [0.1, 0.15) is 23.8 Å². The average Bonchev–Trinajstić information content (AvgIpc) is 2.99. The number of aryl methyl sites for hydroxylation is 1. The Hall–Kier alpha value is -1.49. The third-order valence-corrected chi connectivity index (χ3v) is 5.16. The van der Waals surface area contributed by atoms with Crippen molar-refractivity contribution in [2.45, 2.75) is 18.9 Å². The first kappa shape index (κ1) is 16.0. The zero-order valence-electron chi connectivity index (χ0n) is 13.3. The molecule has 1 fully saturated rings. The number of nitrogens with one attached hydrogen (secondary N) is 1. The van der Waals surface area contributed by atoms with E-state index in [2.05, 4.69) is 16.3 Å². The van der Waals surface area contributed by atoms with Gasteiger partial charge in [-0.3, -0.25) is 0 Å². The zero-order valence-corrected chi connectivity index (χ0v) is 14.8. The fourth-order valence-electron chi connectivity index (χ4n) is 3.34. The maximum absolute atomic E-state index is 6.49. The Morgan fingerprint density at radius 3 is 2.71 bits per heavy atom. The first-order chi connectivity index (χ1) is 11.7. The fourth-order valence-corrected chi connectivity index (χ4v) is 3.81. The lowest BCUT2D eigenvalue weighted by atomic mass is 10.2. The van der Waals surface area contributed by atoms with Gasteiger partial charge in [-0.1, -0.05) is 35.3 Å². The summed E-state index contributed by atoms with van der Waals surface area (Å²) >= 11 is 12.7. The van der Waals surface area contributed by atoms with Crippen LogP contribution in [0.5, 0.6) is 5.75 Å². The minimum atomic E-state index is -0.0705. The number of pyridine rings is 1. The van der Waals surface area contributed by atoms with E-state index in [1.807, 2.05) is 24.3 Å². The summed E-state index contributed by atoms with van der Waals surface area (Å²) in [7, 11) is 0. The minimum Gasteiger partial charge on any atom is -0.483 e. The number of ether oxygens (including phenoxy) is 1. The van der Waals surface area contributed by atoms with Crippen molar-refractivity contribution < 1.29 is 4.74 Å². The van der Waals surface area contributed by atoms with Crippen LogP contribution in [0.2, 0.25) is 10.0 Å². The number of aromatic nitrogens is 1. The Morgan fingerprint density at radius 1 is 1.12 bits per heavy atom. The molecule has 1 aliphatic carbocycles. The molecule has 1 aromatic carbocycles. The van der Waals surface area contributed by atoms with Crippen molar-refractivity contribution in [1.29, 1.82) is 0 Å². The number of hydrogen-bond acceptors (Lipinski definition) is 4. The summed E-state index contributed by atoms with van der Waals surface area (Å²) < 4.78 is 6.15. The molecule has 24 heavy (non-hydrogen) atoms. The smallest absolute Gasteiger partial charge is 0.147 e. The van der Waals surface area contributed by atoms with Crippen molar-refractivity contribution in [2.75, 3.05) is 31.1 Å². The molecule has 6 heteroatoms. The largest absolute Gasteiger partial charge is 0.483 e. The molecule has 1 aromatic heterocycles. The Kier molecular flexibility index (Phi) is 4.53. The van der Waals surface area contributed by atoms with E-state index in [4.69, 9.17) is 32.9 Å². The van der Waals surface area contributed by atoms with Crippen molar-refractivity contribution in [2.24, 2.45) is 0 Å². The van der Waals surface area contributed by atoms with Crippen molar-refractivity contribution in [1.82, 2.24) is 10.3 Å². The van der Waals surface area contributed by atoms with Gasteiger partial charge in [0.25, 0.3) is 0 Å². The van der Waals surface area contributed by atoms with Gasteiger partial charge in [-0.05, 0) is 36.6 Å². The lowest BCUT2D eigenvalue weighted by molar-refractivity contribution is 0.203. The first-order valence-corrected chi connectivity index (χ1v) is 9.04. The summed E-state index contributed by atoms with van der Waals surface area (Å²) in [6.45, 7) is 3.74. The van der Waals surface area contributed by atoms with E-state index >= 15 is 0 Å². The molecule has 2 aromatic rings. The Labute approximate surface area is 151 Å². The van der Waals surface area contributed by atoms with Gasteiger partial charge in [0.2, 0.25) is 0 Å². The van der Waals surface area contributed by atoms with Gasteiger partial charge in [0.1, 0.15) is 17.7 Å². The molecule has 2 heterocycles. The van der Waals surface area contributed by atoms with Gasteiger partial charge in [-0.2, -0.15) is 0 Å². The van der Waals surface area contributed by atoms with E-state index in [0.29, 0.717) is 10.8 Å². The first-order valence-electron chi connectivity index (χ1n) is 8.28. The predicted octanol–water partition coefficient (Wildman–Crippen LogP) is 3.86. The SMILES string of the molecule is Clc1ccccc1OC1CCc2cc(Cl)c(N3CCNCC3)nc21. The molecule has 0 saturated carbocycles. The van der Waals surface area contributed by atoms with Gasteiger partial charge in [-0.15, -0.1) is 0 Å². The van der Waals surface area contributed by atoms with E-state index in [0.717, 1.165) is 55.6 Å². The van der Waals surface area contributed by atoms with E-state index in [1.54, 1.807) is 0 Å². The van der Waals surface area contributed by atoms with Gasteiger partial charge < -0.3 is 15.0 Å². The van der Waals surface area contributed by atoms with Crippen LogP contribution in [0, 0.1) is 0 Å². The molecular weight excluding hydrogens is 345 g/mol. The quantitative estimate of drug-likeness (QED) is 0.898. The minimum absolute atomic E-state index is 0.0705. The molecule has 0 amide bonds. The summed E-state index contributed by atoms with van der Waals surface area (Å²) in [6, 6.07) is 9.62. The standard InChI is InChI=1S/C18H19Cl2N3O/c19-13-3-1-2-4-15(13)24-16-6-5-12-11-14(20)18(22-17(12)16)23-9-7-21-8-10-23/h1-4,11,16,21H,5-10H2. The van der Waals surface area contributed by atoms with E-state index in [9.17, 15) is 0 Å². The van der Waals surface area contributed by atoms with Crippen molar-refractivity contribution in [3.63, 3.8) is 0 Å². The Morgan fingerprint density at radius 2 is 1.92 bits per heavy atom. The van der Waals surface area contributed by atoms with Gasteiger partial charge in [0.15, 0.2) is 0 Å². The van der Waals surface area contributed by atoms with Crippen LogP contribution in [0.4, 0.5) is 5.82 Å². The van der Waals surface area contributed by atoms with Crippen LogP contribution in [-0.2, 0) is 6.42 Å². The monoisotopic (exact) mass is 363 g/mol. The molecule has 4 nitrogen and oxygen atoms in total. The number of rotatable bonds is 3. The lowest BCUT2D eigenvalue weighted by Gasteiger charge is -2.29. The molecule has 126 valence electrons. The molecule has 1 aliphatic heterocycles. The van der Waals surface area contributed by atoms with Gasteiger partial charge in [0.05, 0.1) is 15.7 Å². The number of halogens is 2. The summed E-state index contributed by atoms with van der Waals surface area (Å²) in [4.78, 5) is 7.12. The van der Waals surface area contributed by atoms with Crippen LogP contribution < -0.4 is 15.0 Å². The predicted molar refractivity (Wildman–Crippen MR) is 97.5 cm³/mol. The van der Waals surface area contributed by atoms with Crippen LogP contribution in [0.15, 0.2) is 30.3 Å². The van der Waals surface area contributed by atoms with Crippen LogP contribution >= 0.6 is 23.2 Å². The summed E-state index contributed by atoms with van der Waals surface area (Å²) in [5.74, 6) is 1.57. The maximum Gasteiger partial charge on any atom is 0.147 e. The molecule has 0 spiro atoms. The summed E-state index contributed by atoms with van der Waals surface area (Å²) in [5.41, 5.74) is 2.17. The van der Waals surface area contributed by atoms with Gasteiger partial charge in [0, 0.05) is 26.2 Å². The molecular formula is C18H19Cl2N3O. The molecule has 1 atom stereocenters. The average molecular weight is 364 g/mol. The number of para-hydroxylation sites is 1. The second-order valence-corrected chi connectivity index (χ2v) is 6.97. The third kappa shape index (κ3) is 3.06. The molecule has 4 rings (SSSR count).